The maximum atomic E-state index is 3.70. The van der Waals surface area contributed by atoms with Crippen LogP contribution in [0.3, 0.4) is 0 Å². The van der Waals surface area contributed by atoms with Crippen molar-refractivity contribution in [1.82, 2.24) is 5.32 Å². The van der Waals surface area contributed by atoms with Crippen molar-refractivity contribution in [3.8, 4) is 0 Å². The Kier molecular flexibility index (Phi) is 2.16. The molecule has 70 valence electrons. The molecule has 0 aromatic heterocycles. The van der Waals surface area contributed by atoms with Crippen LogP contribution in [0.5, 0.6) is 0 Å². The summed E-state index contributed by atoms with van der Waals surface area (Å²) in [4.78, 5) is 0. The topological polar surface area (TPSA) is 12.0 Å². The molecule has 2 aliphatic rings. The van der Waals surface area contributed by atoms with Crippen LogP contribution >= 0.6 is 0 Å². The number of fused-ring (bicyclic) bond motifs is 1. The first kappa shape index (κ1) is 8.55. The molecule has 0 aromatic rings. The van der Waals surface area contributed by atoms with Gasteiger partial charge in [0.05, 0.1) is 0 Å². The summed E-state index contributed by atoms with van der Waals surface area (Å²) in [5, 5.41) is 3.70. The van der Waals surface area contributed by atoms with Gasteiger partial charge in [-0.15, -0.1) is 0 Å². The average Bonchev–Trinajstić information content (AvgIpc) is 2.31. The van der Waals surface area contributed by atoms with E-state index in [0.29, 0.717) is 5.41 Å². The van der Waals surface area contributed by atoms with E-state index in [1.807, 2.05) is 0 Å². The molecule has 12 heavy (non-hydrogen) atoms. The molecule has 1 aliphatic carbocycles. The lowest BCUT2D eigenvalue weighted by atomic mass is 9.80. The Morgan fingerprint density at radius 3 is 2.92 bits per heavy atom. The van der Waals surface area contributed by atoms with Gasteiger partial charge in [-0.3, -0.25) is 0 Å². The van der Waals surface area contributed by atoms with Gasteiger partial charge in [-0.05, 0) is 43.6 Å². The normalized spacial score (nSPS) is 40.5. The lowest BCUT2D eigenvalue weighted by molar-refractivity contribution is 0.269. The molecule has 2 fully saturated rings. The van der Waals surface area contributed by atoms with Gasteiger partial charge in [0.2, 0.25) is 0 Å². The fourth-order valence-electron chi connectivity index (χ4n) is 2.96. The van der Waals surface area contributed by atoms with Crippen LogP contribution in [-0.4, -0.2) is 12.6 Å². The summed E-state index contributed by atoms with van der Waals surface area (Å²) >= 11 is 0. The van der Waals surface area contributed by atoms with Gasteiger partial charge in [0.25, 0.3) is 0 Å². The number of rotatable bonds is 0. The zero-order valence-corrected chi connectivity index (χ0v) is 8.40. The van der Waals surface area contributed by atoms with Crippen molar-refractivity contribution >= 4 is 0 Å². The SMILES string of the molecule is CC1(C)CCN[C@H]2CCC[C@@H]2C1. The molecule has 1 nitrogen and oxygen atoms in total. The van der Waals surface area contributed by atoms with Crippen LogP contribution in [0.15, 0.2) is 0 Å². The molecule has 0 radical (unpaired) electrons. The van der Waals surface area contributed by atoms with Crippen molar-refractivity contribution in [3.05, 3.63) is 0 Å². The summed E-state index contributed by atoms with van der Waals surface area (Å²) in [6.07, 6.45) is 7.17. The second-order valence-corrected chi connectivity index (χ2v) is 5.37. The van der Waals surface area contributed by atoms with Gasteiger partial charge >= 0.3 is 0 Å². The zero-order chi connectivity index (χ0) is 8.60. The molecule has 0 spiro atoms. The predicted octanol–water partition coefficient (Wildman–Crippen LogP) is 2.56. The Bertz CT molecular complexity index is 162. The van der Waals surface area contributed by atoms with Crippen LogP contribution in [0, 0.1) is 11.3 Å². The van der Waals surface area contributed by atoms with E-state index < -0.39 is 0 Å². The van der Waals surface area contributed by atoms with E-state index in [0.717, 1.165) is 12.0 Å². The van der Waals surface area contributed by atoms with E-state index in [-0.39, 0.29) is 0 Å². The molecule has 1 saturated heterocycles. The lowest BCUT2D eigenvalue weighted by Crippen LogP contribution is -2.30. The van der Waals surface area contributed by atoms with Crippen LogP contribution in [-0.2, 0) is 0 Å². The summed E-state index contributed by atoms with van der Waals surface area (Å²) in [5.74, 6) is 0.988. The smallest absolute Gasteiger partial charge is 0.00955 e. The molecular formula is C11H21N. The molecule has 2 atom stereocenters. The minimum absolute atomic E-state index is 0.594. The van der Waals surface area contributed by atoms with Crippen LogP contribution in [0.4, 0.5) is 0 Å². The van der Waals surface area contributed by atoms with Crippen LogP contribution in [0.25, 0.3) is 0 Å². The monoisotopic (exact) mass is 167 g/mol. The highest BCUT2D eigenvalue weighted by Gasteiger charge is 2.34. The molecule has 1 heterocycles. The fourth-order valence-corrected chi connectivity index (χ4v) is 2.96. The predicted molar refractivity (Wildman–Crippen MR) is 52.1 cm³/mol. The van der Waals surface area contributed by atoms with Crippen LogP contribution in [0.1, 0.15) is 46.0 Å². The number of nitrogens with one attached hydrogen (secondary N) is 1. The molecule has 2 rings (SSSR count). The first-order valence-electron chi connectivity index (χ1n) is 5.41. The summed E-state index contributed by atoms with van der Waals surface area (Å²) in [5.41, 5.74) is 0.594. The van der Waals surface area contributed by atoms with E-state index in [4.69, 9.17) is 0 Å². The highest BCUT2D eigenvalue weighted by atomic mass is 14.9. The van der Waals surface area contributed by atoms with Crippen molar-refractivity contribution < 1.29 is 0 Å². The largest absolute Gasteiger partial charge is 0.314 e. The Balaban J connectivity index is 2.04. The maximum Gasteiger partial charge on any atom is 0.00955 e. The van der Waals surface area contributed by atoms with Crippen LogP contribution in [0.2, 0.25) is 0 Å². The van der Waals surface area contributed by atoms with Gasteiger partial charge in [-0.1, -0.05) is 20.3 Å². The highest BCUT2D eigenvalue weighted by molar-refractivity contribution is 4.90. The minimum atomic E-state index is 0.594. The molecule has 1 aliphatic heterocycles. The second-order valence-electron chi connectivity index (χ2n) is 5.37. The van der Waals surface area contributed by atoms with Gasteiger partial charge in [0.1, 0.15) is 0 Å². The van der Waals surface area contributed by atoms with E-state index in [9.17, 15) is 0 Å². The van der Waals surface area contributed by atoms with E-state index in [2.05, 4.69) is 19.2 Å². The Labute approximate surface area is 75.9 Å². The molecular weight excluding hydrogens is 146 g/mol. The lowest BCUT2D eigenvalue weighted by Gasteiger charge is -2.25. The van der Waals surface area contributed by atoms with E-state index in [1.54, 1.807) is 0 Å². The number of hydrogen-bond donors (Lipinski definition) is 1. The molecule has 0 bridgehead atoms. The van der Waals surface area contributed by atoms with Crippen LogP contribution < -0.4 is 5.32 Å². The Morgan fingerprint density at radius 1 is 1.25 bits per heavy atom. The van der Waals surface area contributed by atoms with Crippen molar-refractivity contribution in [2.24, 2.45) is 11.3 Å². The van der Waals surface area contributed by atoms with Crippen molar-refractivity contribution in [2.45, 2.75) is 52.0 Å². The summed E-state index contributed by atoms with van der Waals surface area (Å²) in [6, 6.07) is 0.867. The molecule has 0 aromatic carbocycles. The zero-order valence-electron chi connectivity index (χ0n) is 8.40. The maximum absolute atomic E-state index is 3.70. The van der Waals surface area contributed by atoms with E-state index in [1.165, 1.54) is 38.6 Å². The summed E-state index contributed by atoms with van der Waals surface area (Å²) < 4.78 is 0. The van der Waals surface area contributed by atoms with Gasteiger partial charge in [0.15, 0.2) is 0 Å². The molecule has 1 saturated carbocycles. The summed E-state index contributed by atoms with van der Waals surface area (Å²) in [7, 11) is 0. The Hall–Kier alpha value is -0.0400. The quantitative estimate of drug-likeness (QED) is 0.584. The first-order chi connectivity index (χ1) is 5.67. The van der Waals surface area contributed by atoms with E-state index >= 15 is 0 Å². The Morgan fingerprint density at radius 2 is 2.08 bits per heavy atom. The highest BCUT2D eigenvalue weighted by Crippen LogP contribution is 2.39. The van der Waals surface area contributed by atoms with Gasteiger partial charge < -0.3 is 5.32 Å². The fraction of sp³-hybridized carbons (Fsp3) is 1.00. The second kappa shape index (κ2) is 3.02. The molecule has 1 heteroatoms. The summed E-state index contributed by atoms with van der Waals surface area (Å²) in [6.45, 7) is 6.10. The first-order valence-corrected chi connectivity index (χ1v) is 5.41. The van der Waals surface area contributed by atoms with Crippen molar-refractivity contribution in [2.75, 3.05) is 6.54 Å². The van der Waals surface area contributed by atoms with Gasteiger partial charge in [-0.25, -0.2) is 0 Å². The molecule has 0 unspecified atom stereocenters. The third kappa shape index (κ3) is 1.66. The third-order valence-electron chi connectivity index (χ3n) is 3.68. The number of hydrogen-bond acceptors (Lipinski definition) is 1. The average molecular weight is 167 g/mol. The van der Waals surface area contributed by atoms with Gasteiger partial charge in [-0.2, -0.15) is 0 Å². The molecule has 0 amide bonds. The minimum Gasteiger partial charge on any atom is -0.314 e. The standard InChI is InChI=1S/C11H21N/c1-11(2)6-7-12-10-5-3-4-9(10)8-11/h9-10,12H,3-8H2,1-2H3/t9-,10+/m1/s1. The van der Waals surface area contributed by atoms with Crippen molar-refractivity contribution in [1.29, 1.82) is 0 Å². The van der Waals surface area contributed by atoms with Crippen molar-refractivity contribution in [3.63, 3.8) is 0 Å². The molecule has 1 N–H and O–H groups in total. The van der Waals surface area contributed by atoms with Gasteiger partial charge in [0, 0.05) is 6.04 Å². The third-order valence-corrected chi connectivity index (χ3v) is 3.68.